The molecule has 0 unspecified atom stereocenters. The number of likely N-dealkylation sites (tertiary alicyclic amines) is 1. The summed E-state index contributed by atoms with van der Waals surface area (Å²) in [5, 5.41) is 3.26. The molecule has 9 heteroatoms. The van der Waals surface area contributed by atoms with Crippen LogP contribution < -0.4 is 15.8 Å². The minimum atomic E-state index is -0.108. The summed E-state index contributed by atoms with van der Waals surface area (Å²) >= 11 is 0. The van der Waals surface area contributed by atoms with E-state index in [0.717, 1.165) is 29.8 Å². The summed E-state index contributed by atoms with van der Waals surface area (Å²) < 4.78 is 11.3. The van der Waals surface area contributed by atoms with Crippen molar-refractivity contribution in [2.45, 2.75) is 18.9 Å². The molecule has 188 valence electrons. The van der Waals surface area contributed by atoms with E-state index >= 15 is 0 Å². The minimum absolute atomic E-state index is 0.0814. The van der Waals surface area contributed by atoms with Crippen LogP contribution >= 0.6 is 0 Å². The Morgan fingerprint density at radius 3 is 2.65 bits per heavy atom. The molecule has 0 spiro atoms. The molecule has 2 aromatic heterocycles. The molecule has 5 rings (SSSR count). The van der Waals surface area contributed by atoms with Crippen molar-refractivity contribution in [3.8, 4) is 22.8 Å². The summed E-state index contributed by atoms with van der Waals surface area (Å²) in [5.41, 5.74) is 8.80. The molecule has 0 saturated carbocycles. The van der Waals surface area contributed by atoms with Gasteiger partial charge in [0.1, 0.15) is 23.0 Å². The van der Waals surface area contributed by atoms with Crippen molar-refractivity contribution in [3.63, 3.8) is 0 Å². The fraction of sp³-hybridized carbons (Fsp3) is 0.214. The van der Waals surface area contributed by atoms with Gasteiger partial charge in [-0.15, -0.1) is 0 Å². The second-order valence-electron chi connectivity index (χ2n) is 8.74. The van der Waals surface area contributed by atoms with E-state index in [-0.39, 0.29) is 17.9 Å². The third kappa shape index (κ3) is 5.84. The third-order valence-electron chi connectivity index (χ3n) is 6.12. The molecule has 4 aromatic rings. The molecule has 1 aliphatic rings. The lowest BCUT2D eigenvalue weighted by atomic mass is 10.1. The van der Waals surface area contributed by atoms with Gasteiger partial charge in [-0.25, -0.2) is 4.98 Å². The standard InChI is InChI=1S/C28H28N6O3/c1-36-18-21-8-5-15-34(21)27(35)25-16-23(13-14-30-25)37-22-11-9-20(10-12-22)31-26-17-24(32-28(29)33-26)19-6-3-2-4-7-19/h2-4,6-7,9-14,16-17,21H,5,8,15,18H2,1H3,(H3,29,31,32,33)/t21-/m0/s1. The molecule has 3 heterocycles. The van der Waals surface area contributed by atoms with E-state index in [4.69, 9.17) is 15.2 Å². The zero-order valence-corrected chi connectivity index (χ0v) is 20.5. The highest BCUT2D eigenvalue weighted by atomic mass is 16.5. The summed E-state index contributed by atoms with van der Waals surface area (Å²) in [7, 11) is 1.65. The normalized spacial score (nSPS) is 14.9. The van der Waals surface area contributed by atoms with Gasteiger partial charge in [0.15, 0.2) is 0 Å². The highest BCUT2D eigenvalue weighted by molar-refractivity contribution is 5.93. The molecule has 0 radical (unpaired) electrons. The number of hydrogen-bond acceptors (Lipinski definition) is 8. The number of methoxy groups -OCH3 is 1. The molecule has 3 N–H and O–H groups in total. The lowest BCUT2D eigenvalue weighted by Crippen LogP contribution is -2.38. The van der Waals surface area contributed by atoms with Gasteiger partial charge in [-0.05, 0) is 43.2 Å². The maximum atomic E-state index is 13.0. The molecule has 1 atom stereocenters. The number of nitrogen functional groups attached to an aromatic ring is 1. The molecule has 1 fully saturated rings. The first-order chi connectivity index (χ1) is 18.1. The number of pyridine rings is 1. The topological polar surface area (TPSA) is 115 Å². The molecule has 0 bridgehead atoms. The van der Waals surface area contributed by atoms with E-state index in [1.807, 2.05) is 65.6 Å². The molecular weight excluding hydrogens is 468 g/mol. The van der Waals surface area contributed by atoms with E-state index < -0.39 is 0 Å². The van der Waals surface area contributed by atoms with Crippen LogP contribution in [0.4, 0.5) is 17.5 Å². The molecule has 1 aliphatic heterocycles. The largest absolute Gasteiger partial charge is 0.457 e. The maximum absolute atomic E-state index is 13.0. The van der Waals surface area contributed by atoms with Gasteiger partial charge >= 0.3 is 0 Å². The molecule has 0 aliphatic carbocycles. The second kappa shape index (κ2) is 11.0. The first kappa shape index (κ1) is 24.2. The fourth-order valence-corrected chi connectivity index (χ4v) is 4.38. The van der Waals surface area contributed by atoms with Crippen LogP contribution in [0.3, 0.4) is 0 Å². The smallest absolute Gasteiger partial charge is 0.272 e. The van der Waals surface area contributed by atoms with Crippen LogP contribution in [-0.4, -0.2) is 52.1 Å². The van der Waals surface area contributed by atoms with Crippen molar-refractivity contribution in [1.29, 1.82) is 0 Å². The number of nitrogens with zero attached hydrogens (tertiary/aromatic N) is 4. The van der Waals surface area contributed by atoms with E-state index in [1.165, 1.54) is 0 Å². The summed E-state index contributed by atoms with van der Waals surface area (Å²) in [6.45, 7) is 1.23. The Kier molecular flexibility index (Phi) is 7.23. The Bertz CT molecular complexity index is 1360. The van der Waals surface area contributed by atoms with Crippen molar-refractivity contribution in [1.82, 2.24) is 19.9 Å². The number of anilines is 3. The van der Waals surface area contributed by atoms with Gasteiger partial charge in [0.2, 0.25) is 5.95 Å². The van der Waals surface area contributed by atoms with Gasteiger partial charge in [-0.1, -0.05) is 30.3 Å². The minimum Gasteiger partial charge on any atom is -0.457 e. The Labute approximate surface area is 215 Å². The summed E-state index contributed by atoms with van der Waals surface area (Å²) in [6, 6.07) is 22.6. The number of hydrogen-bond donors (Lipinski definition) is 2. The van der Waals surface area contributed by atoms with Crippen LogP contribution in [0.5, 0.6) is 11.5 Å². The quantitative estimate of drug-likeness (QED) is 0.354. The van der Waals surface area contributed by atoms with Crippen LogP contribution in [0.1, 0.15) is 23.3 Å². The van der Waals surface area contributed by atoms with E-state index in [1.54, 1.807) is 25.4 Å². The van der Waals surface area contributed by atoms with Crippen LogP contribution in [0, 0.1) is 0 Å². The summed E-state index contributed by atoms with van der Waals surface area (Å²) in [5.74, 6) is 1.84. The van der Waals surface area contributed by atoms with Gasteiger partial charge in [-0.3, -0.25) is 9.78 Å². The number of ether oxygens (including phenoxy) is 2. The van der Waals surface area contributed by atoms with Crippen molar-refractivity contribution < 1.29 is 14.3 Å². The third-order valence-corrected chi connectivity index (χ3v) is 6.12. The van der Waals surface area contributed by atoms with Crippen molar-refractivity contribution in [3.05, 3.63) is 84.7 Å². The Morgan fingerprint density at radius 2 is 1.86 bits per heavy atom. The van der Waals surface area contributed by atoms with Crippen molar-refractivity contribution >= 4 is 23.4 Å². The Hall–Kier alpha value is -4.50. The SMILES string of the molecule is COC[C@@H]1CCCN1C(=O)c1cc(Oc2ccc(Nc3cc(-c4ccccc4)nc(N)n3)cc2)ccn1. The van der Waals surface area contributed by atoms with Crippen molar-refractivity contribution in [2.24, 2.45) is 0 Å². The monoisotopic (exact) mass is 496 g/mol. The molecular formula is C28H28N6O3. The molecule has 37 heavy (non-hydrogen) atoms. The van der Waals surface area contributed by atoms with Crippen LogP contribution in [-0.2, 0) is 4.74 Å². The highest BCUT2D eigenvalue weighted by Gasteiger charge is 2.30. The number of rotatable bonds is 8. The number of carbonyl (C=O) groups excluding carboxylic acids is 1. The van der Waals surface area contributed by atoms with Gasteiger partial charge in [0.25, 0.3) is 5.91 Å². The lowest BCUT2D eigenvalue weighted by molar-refractivity contribution is 0.0624. The zero-order valence-electron chi connectivity index (χ0n) is 20.5. The molecule has 2 aromatic carbocycles. The van der Waals surface area contributed by atoms with Gasteiger partial charge in [0, 0.05) is 43.2 Å². The van der Waals surface area contributed by atoms with Crippen LogP contribution in [0.15, 0.2) is 79.0 Å². The van der Waals surface area contributed by atoms with Gasteiger partial charge in [0.05, 0.1) is 18.3 Å². The first-order valence-corrected chi connectivity index (χ1v) is 12.1. The van der Waals surface area contributed by atoms with E-state index in [0.29, 0.717) is 36.2 Å². The molecule has 1 saturated heterocycles. The van der Waals surface area contributed by atoms with Gasteiger partial charge < -0.3 is 25.4 Å². The predicted octanol–water partition coefficient (Wildman–Crippen LogP) is 4.91. The zero-order chi connectivity index (χ0) is 25.6. The number of carbonyl (C=O) groups is 1. The number of nitrogens with two attached hydrogens (primary N) is 1. The van der Waals surface area contributed by atoms with Gasteiger partial charge in [-0.2, -0.15) is 4.98 Å². The van der Waals surface area contributed by atoms with E-state index in [2.05, 4.69) is 20.3 Å². The van der Waals surface area contributed by atoms with Crippen LogP contribution in [0.2, 0.25) is 0 Å². The highest BCUT2D eigenvalue weighted by Crippen LogP contribution is 2.27. The second-order valence-corrected chi connectivity index (χ2v) is 8.74. The molecule has 1 amide bonds. The first-order valence-electron chi connectivity index (χ1n) is 12.1. The number of nitrogens with one attached hydrogen (secondary N) is 1. The number of amides is 1. The number of aromatic nitrogens is 3. The molecule has 9 nitrogen and oxygen atoms in total. The average molecular weight is 497 g/mol. The summed E-state index contributed by atoms with van der Waals surface area (Å²) in [6.07, 6.45) is 3.49. The van der Waals surface area contributed by atoms with E-state index in [9.17, 15) is 4.79 Å². The number of benzene rings is 2. The van der Waals surface area contributed by atoms with Crippen molar-refractivity contribution in [2.75, 3.05) is 31.3 Å². The average Bonchev–Trinajstić information content (AvgIpc) is 3.38. The summed E-state index contributed by atoms with van der Waals surface area (Å²) in [4.78, 5) is 27.8. The lowest BCUT2D eigenvalue weighted by Gasteiger charge is -2.23. The maximum Gasteiger partial charge on any atom is 0.272 e. The predicted molar refractivity (Wildman–Crippen MR) is 142 cm³/mol. The Morgan fingerprint density at radius 1 is 1.05 bits per heavy atom. The fourth-order valence-electron chi connectivity index (χ4n) is 4.38. The Balaban J connectivity index is 1.26. The van der Waals surface area contributed by atoms with Crippen LogP contribution in [0.25, 0.3) is 11.3 Å².